The van der Waals surface area contributed by atoms with Crippen molar-refractivity contribution in [3.63, 3.8) is 0 Å². The molecule has 6 heterocycles. The maximum Gasteiger partial charge on any atom is 0.217 e. The largest absolute Gasteiger partial charge is 0.394 e. The Morgan fingerprint density at radius 3 is 1.21 bits per heavy atom. The predicted molar refractivity (Wildman–Crippen MR) is 243 cm³/mol. The lowest BCUT2D eigenvalue weighted by Gasteiger charge is -2.52. The van der Waals surface area contributed by atoms with Gasteiger partial charge in [-0.25, -0.2) is 0 Å². The van der Waals surface area contributed by atoms with E-state index in [1.807, 2.05) is 0 Å². The van der Waals surface area contributed by atoms with Gasteiger partial charge in [-0.1, -0.05) is 0 Å². The van der Waals surface area contributed by atoms with Crippen molar-refractivity contribution in [2.24, 2.45) is 5.73 Å². The van der Waals surface area contributed by atoms with Crippen LogP contribution in [-0.4, -0.2) is 325 Å². The molecule has 30 atom stereocenters. The monoisotopic (exact) mass is 1130 g/mol. The molecule has 0 spiro atoms. The number of aliphatic hydroxyl groups is 15. The molecule has 0 aromatic carbocycles. The Morgan fingerprint density at radius 1 is 0.403 bits per heavy atom. The van der Waals surface area contributed by atoms with E-state index in [9.17, 15) is 86.2 Å². The highest BCUT2D eigenvalue weighted by atomic mass is 16.8. The minimum atomic E-state index is -2.24. The van der Waals surface area contributed by atoms with Crippen LogP contribution < -0.4 is 16.4 Å². The maximum atomic E-state index is 13.1. The molecule has 0 aromatic rings. The van der Waals surface area contributed by atoms with Crippen molar-refractivity contribution < 1.29 is 148 Å². The fourth-order valence-corrected chi connectivity index (χ4v) is 9.73. The lowest BCUT2D eigenvalue weighted by atomic mass is 9.93. The molecular formula is C44H77N3O30. The summed E-state index contributed by atoms with van der Waals surface area (Å²) in [6.45, 7) is 0.982. The zero-order chi connectivity index (χ0) is 56.7. The topological polar surface area (TPSA) is 508 Å². The first-order chi connectivity index (χ1) is 36.5. The first-order valence-corrected chi connectivity index (χ1v) is 25.1. The average molecular weight is 1130 g/mol. The van der Waals surface area contributed by atoms with Gasteiger partial charge in [-0.05, 0) is 13.8 Å². The number of nitrogens with two attached hydrogens (primary N) is 1. The smallest absolute Gasteiger partial charge is 0.217 e. The summed E-state index contributed by atoms with van der Waals surface area (Å²) in [6.07, 6.45) is -50.8. The standard InChI is InChI=1S/C44H77N3O30/c1-13-23(54)27(58)30(61)41(67-13)75-36-21(46-15(3)52)39(66-8-7-65-6-5-45)71-19(11-50)34(36)74-44-33(64)38(26(57)18(10-49)70-44)77-40-22(47-16(4)53)37(76-42-31(62)28(59)24(55)14(2)68-42)35(20(12-51)72-40)73-43-32(63)29(60)25(56)17(9-48)69-43/h13-14,17-44,48-51,54-64H,5-12,45H2,1-4H3,(H,46,52)(H,47,53)/t13-,14-,17+,18+,19+,20+,21+,22+,23+,24+,25-,26-,27+,28+,29-,30-,31-,32+,33+,34+,35+,36+,37+,38-,39+,40-,41-,42-,43-,44-/m0/s1. The van der Waals surface area contributed by atoms with Crippen LogP contribution in [0.4, 0.5) is 0 Å². The van der Waals surface area contributed by atoms with Crippen LogP contribution in [-0.2, 0) is 71.2 Å². The molecule has 0 unspecified atom stereocenters. The highest BCUT2D eigenvalue weighted by Crippen LogP contribution is 2.38. The van der Waals surface area contributed by atoms with Crippen LogP contribution in [0, 0.1) is 0 Å². The quantitative estimate of drug-likeness (QED) is 0.0448. The van der Waals surface area contributed by atoms with Crippen molar-refractivity contribution in [1.29, 1.82) is 0 Å². The van der Waals surface area contributed by atoms with Gasteiger partial charge in [0.15, 0.2) is 37.7 Å². The van der Waals surface area contributed by atoms with Gasteiger partial charge in [-0.2, -0.15) is 0 Å². The van der Waals surface area contributed by atoms with E-state index in [0.29, 0.717) is 0 Å². The van der Waals surface area contributed by atoms with Crippen molar-refractivity contribution in [2.75, 3.05) is 52.8 Å². The number of hydrogen-bond acceptors (Lipinski definition) is 31. The van der Waals surface area contributed by atoms with Gasteiger partial charge in [0, 0.05) is 20.4 Å². The number of hydrogen-bond donors (Lipinski definition) is 18. The summed E-state index contributed by atoms with van der Waals surface area (Å²) in [5.41, 5.74) is 5.51. The average Bonchev–Trinajstić information content (AvgIpc) is 3.40. The molecule has 19 N–H and O–H groups in total. The highest BCUT2D eigenvalue weighted by Gasteiger charge is 2.59. The first kappa shape index (κ1) is 64.0. The second-order valence-corrected chi connectivity index (χ2v) is 19.4. The van der Waals surface area contributed by atoms with Crippen LogP contribution >= 0.6 is 0 Å². The van der Waals surface area contributed by atoms with E-state index in [2.05, 4.69) is 10.6 Å². The molecule has 33 heteroatoms. The molecule has 6 aliphatic heterocycles. The van der Waals surface area contributed by atoms with Crippen LogP contribution in [0.5, 0.6) is 0 Å². The maximum absolute atomic E-state index is 13.1. The van der Waals surface area contributed by atoms with Gasteiger partial charge in [0.05, 0.1) is 58.5 Å². The Balaban J connectivity index is 1.36. The summed E-state index contributed by atoms with van der Waals surface area (Å²) in [5.74, 6) is -1.58. The summed E-state index contributed by atoms with van der Waals surface area (Å²) in [6, 6.07) is -3.29. The van der Waals surface area contributed by atoms with E-state index in [0.717, 1.165) is 13.8 Å². The predicted octanol–water partition coefficient (Wildman–Crippen LogP) is -11.8. The number of carbonyl (C=O) groups excluding carboxylic acids is 2. The zero-order valence-electron chi connectivity index (χ0n) is 42.4. The molecule has 448 valence electrons. The third kappa shape index (κ3) is 14.7. The van der Waals surface area contributed by atoms with Crippen molar-refractivity contribution >= 4 is 11.8 Å². The fraction of sp³-hybridized carbons (Fsp3) is 0.955. The van der Waals surface area contributed by atoms with E-state index in [-0.39, 0.29) is 26.4 Å². The van der Waals surface area contributed by atoms with Crippen LogP contribution in [0.1, 0.15) is 27.7 Å². The second kappa shape index (κ2) is 28.7. The Kier molecular flexibility index (Phi) is 23.8. The molecule has 0 aromatic heterocycles. The summed E-state index contributed by atoms with van der Waals surface area (Å²) >= 11 is 0. The molecule has 0 bridgehead atoms. The third-order valence-electron chi connectivity index (χ3n) is 13.9. The van der Waals surface area contributed by atoms with Gasteiger partial charge in [0.1, 0.15) is 134 Å². The first-order valence-electron chi connectivity index (χ1n) is 25.1. The van der Waals surface area contributed by atoms with E-state index >= 15 is 0 Å². The lowest BCUT2D eigenvalue weighted by Crippen LogP contribution is -2.71. The molecule has 33 nitrogen and oxygen atoms in total. The van der Waals surface area contributed by atoms with Crippen LogP contribution in [0.25, 0.3) is 0 Å². The summed E-state index contributed by atoms with van der Waals surface area (Å²) < 4.78 is 77.3. The van der Waals surface area contributed by atoms with Crippen LogP contribution in [0.15, 0.2) is 0 Å². The molecule has 77 heavy (non-hydrogen) atoms. The van der Waals surface area contributed by atoms with Gasteiger partial charge in [-0.15, -0.1) is 0 Å². The van der Waals surface area contributed by atoms with Gasteiger partial charge in [0.25, 0.3) is 0 Å². The molecular weight excluding hydrogens is 1050 g/mol. The number of nitrogens with one attached hydrogen (secondary N) is 2. The Morgan fingerprint density at radius 2 is 0.766 bits per heavy atom. The van der Waals surface area contributed by atoms with E-state index in [1.54, 1.807) is 0 Å². The fourth-order valence-electron chi connectivity index (χ4n) is 9.73. The van der Waals surface area contributed by atoms with Crippen molar-refractivity contribution in [2.45, 2.75) is 212 Å². The highest BCUT2D eigenvalue weighted by molar-refractivity contribution is 5.73. The molecule has 0 aliphatic carbocycles. The number of ether oxygens (including phenoxy) is 13. The van der Waals surface area contributed by atoms with E-state index in [1.165, 1.54) is 13.8 Å². The van der Waals surface area contributed by atoms with Gasteiger partial charge in [0.2, 0.25) is 11.8 Å². The van der Waals surface area contributed by atoms with Gasteiger partial charge >= 0.3 is 0 Å². The van der Waals surface area contributed by atoms with Crippen molar-refractivity contribution in [3.05, 3.63) is 0 Å². The minimum absolute atomic E-state index is 0.0341. The Hall–Kier alpha value is -2.22. The van der Waals surface area contributed by atoms with Crippen molar-refractivity contribution in [3.8, 4) is 0 Å². The lowest BCUT2D eigenvalue weighted by molar-refractivity contribution is -0.394. The normalized spacial score (nSPS) is 47.8. The number of amides is 2. The summed E-state index contributed by atoms with van der Waals surface area (Å²) in [4.78, 5) is 25.9. The number of aliphatic hydroxyl groups excluding tert-OH is 15. The summed E-state index contributed by atoms with van der Waals surface area (Å²) in [7, 11) is 0. The second-order valence-electron chi connectivity index (χ2n) is 19.4. The molecule has 2 amide bonds. The van der Waals surface area contributed by atoms with Gasteiger partial charge in [-0.3, -0.25) is 9.59 Å². The minimum Gasteiger partial charge on any atom is -0.394 e. The molecule has 0 radical (unpaired) electrons. The van der Waals surface area contributed by atoms with Gasteiger partial charge < -0.3 is 155 Å². The molecule has 6 aliphatic rings. The Labute approximate surface area is 440 Å². The molecule has 6 rings (SSSR count). The number of carbonyl (C=O) groups is 2. The van der Waals surface area contributed by atoms with Crippen LogP contribution in [0.3, 0.4) is 0 Å². The molecule has 0 saturated carbocycles. The van der Waals surface area contributed by atoms with E-state index in [4.69, 9.17) is 67.3 Å². The molecule has 6 saturated heterocycles. The number of rotatable bonds is 22. The van der Waals surface area contributed by atoms with Crippen molar-refractivity contribution in [1.82, 2.24) is 10.6 Å². The zero-order valence-corrected chi connectivity index (χ0v) is 42.4. The summed E-state index contributed by atoms with van der Waals surface area (Å²) in [5, 5.41) is 168. The Bertz CT molecular complexity index is 1820. The molecule has 6 fully saturated rings. The SMILES string of the molecule is CC(=O)N[C@H]1[C@H](O[C@H]2[C@@H](O)[C@@H](CO)O[C@@H](O[C@H]3[C@H](O[C@@H]4O[C@@H](C)[C@@H](O)[C@@H](O)[C@@H]4O)[C@@H](NC(C)=O)[C@H](OCCOCCN)O[C@@H]3CO)[C@@H]2O)O[C@H](CO)[C@@H](O[C@@H]2O[C@H](CO)[C@H](O)[C@H](O)[C@H]2O)[C@@H]1O[C@@H]1O[C@@H](C)[C@@H](O)[C@@H](O)[C@@H]1O. The van der Waals surface area contributed by atoms with E-state index < -0.39 is 222 Å². The third-order valence-corrected chi connectivity index (χ3v) is 13.9. The van der Waals surface area contributed by atoms with Crippen LogP contribution in [0.2, 0.25) is 0 Å².